The third kappa shape index (κ3) is 2.19. The molecule has 0 saturated carbocycles. The van der Waals surface area contributed by atoms with E-state index in [1.165, 1.54) is 0 Å². The molecule has 0 aliphatic carbocycles. The van der Waals surface area contributed by atoms with E-state index >= 15 is 0 Å². The number of hydrogen-bond acceptors (Lipinski definition) is 2. The lowest BCUT2D eigenvalue weighted by molar-refractivity contribution is -0.115. The molecule has 1 heterocycles. The molecule has 1 aromatic carbocycles. The highest BCUT2D eigenvalue weighted by molar-refractivity contribution is 6.30. The number of halogens is 1. The summed E-state index contributed by atoms with van der Waals surface area (Å²) in [6.07, 6.45) is 2.79. The van der Waals surface area contributed by atoms with E-state index in [-0.39, 0.29) is 11.7 Å². The van der Waals surface area contributed by atoms with Crippen molar-refractivity contribution in [1.29, 1.82) is 0 Å². The number of carbonyl (C=O) groups is 1. The van der Waals surface area contributed by atoms with Gasteiger partial charge in [-0.3, -0.25) is 4.79 Å². The average molecular weight is 222 g/mol. The lowest BCUT2D eigenvalue weighted by Crippen LogP contribution is -2.13. The third-order valence-electron chi connectivity index (χ3n) is 1.96. The van der Waals surface area contributed by atoms with Crippen molar-refractivity contribution < 1.29 is 9.90 Å². The molecule has 1 aliphatic heterocycles. The van der Waals surface area contributed by atoms with Crippen molar-refractivity contribution in [3.8, 4) is 0 Å². The predicted octanol–water partition coefficient (Wildman–Crippen LogP) is 2.25. The molecule has 2 N–H and O–H groups in total. The van der Waals surface area contributed by atoms with Gasteiger partial charge in [-0.15, -0.1) is 0 Å². The van der Waals surface area contributed by atoms with Crippen LogP contribution in [0.1, 0.15) is 5.56 Å². The number of hydrogen-bond donors (Lipinski definition) is 2. The topological polar surface area (TPSA) is 49.3 Å². The molecule has 1 aliphatic rings. The minimum Gasteiger partial charge on any atom is -0.506 e. The molecule has 1 amide bonds. The Morgan fingerprint density at radius 3 is 2.80 bits per heavy atom. The van der Waals surface area contributed by atoms with E-state index in [0.29, 0.717) is 10.7 Å². The zero-order valence-corrected chi connectivity index (χ0v) is 8.45. The standard InChI is InChI=1S/C11H8ClNO2/c12-8-3-1-2-7(4-8)5-9-10(14)6-11(15)13-9/h1-6,14H,(H,13,15)/b9-5-. The quantitative estimate of drug-likeness (QED) is 0.764. The highest BCUT2D eigenvalue weighted by Gasteiger charge is 2.15. The number of benzene rings is 1. The first kappa shape index (κ1) is 9.80. The molecule has 0 saturated heterocycles. The van der Waals surface area contributed by atoms with Crippen molar-refractivity contribution in [2.45, 2.75) is 0 Å². The zero-order valence-electron chi connectivity index (χ0n) is 7.70. The SMILES string of the molecule is O=C1C=C(O)/C(=C/c2cccc(Cl)c2)N1. The number of carbonyl (C=O) groups excluding carboxylic acids is 1. The summed E-state index contributed by atoms with van der Waals surface area (Å²) in [5.74, 6) is -0.374. The van der Waals surface area contributed by atoms with Crippen LogP contribution in [-0.4, -0.2) is 11.0 Å². The van der Waals surface area contributed by atoms with Gasteiger partial charge in [0.15, 0.2) is 0 Å². The summed E-state index contributed by atoms with van der Waals surface area (Å²) in [4.78, 5) is 10.9. The van der Waals surface area contributed by atoms with Crippen molar-refractivity contribution in [3.63, 3.8) is 0 Å². The van der Waals surface area contributed by atoms with Crippen LogP contribution in [0.2, 0.25) is 5.02 Å². The monoisotopic (exact) mass is 221 g/mol. The number of aliphatic hydroxyl groups excluding tert-OH is 1. The van der Waals surface area contributed by atoms with Crippen LogP contribution in [0.4, 0.5) is 0 Å². The summed E-state index contributed by atoms with van der Waals surface area (Å²) in [7, 11) is 0. The van der Waals surface area contributed by atoms with Gasteiger partial charge in [-0.1, -0.05) is 23.7 Å². The molecule has 76 valence electrons. The molecule has 0 bridgehead atoms. The van der Waals surface area contributed by atoms with Gasteiger partial charge in [0.2, 0.25) is 0 Å². The average Bonchev–Trinajstić information content (AvgIpc) is 2.45. The molecule has 0 fully saturated rings. The first-order valence-electron chi connectivity index (χ1n) is 4.34. The van der Waals surface area contributed by atoms with Crippen LogP contribution in [0.25, 0.3) is 6.08 Å². The first-order valence-corrected chi connectivity index (χ1v) is 4.72. The van der Waals surface area contributed by atoms with E-state index in [2.05, 4.69) is 5.32 Å². The van der Waals surface area contributed by atoms with Crippen molar-refractivity contribution in [2.24, 2.45) is 0 Å². The van der Waals surface area contributed by atoms with Gasteiger partial charge in [-0.25, -0.2) is 0 Å². The van der Waals surface area contributed by atoms with E-state index in [4.69, 9.17) is 11.6 Å². The molecule has 0 atom stereocenters. The van der Waals surface area contributed by atoms with Crippen LogP contribution in [0.15, 0.2) is 41.8 Å². The maximum Gasteiger partial charge on any atom is 0.252 e. The van der Waals surface area contributed by atoms with E-state index in [0.717, 1.165) is 11.6 Å². The minimum absolute atomic E-state index is 0.0556. The second kappa shape index (κ2) is 3.79. The minimum atomic E-state index is -0.319. The Bertz CT molecular complexity index is 477. The second-order valence-corrected chi connectivity index (χ2v) is 3.57. The van der Waals surface area contributed by atoms with Crippen LogP contribution in [0.3, 0.4) is 0 Å². The fourth-order valence-electron chi connectivity index (χ4n) is 1.31. The summed E-state index contributed by atoms with van der Waals surface area (Å²) in [5.41, 5.74) is 1.21. The Hall–Kier alpha value is -1.74. The second-order valence-electron chi connectivity index (χ2n) is 3.13. The molecule has 0 radical (unpaired) electrons. The summed E-state index contributed by atoms with van der Waals surface area (Å²) in [5, 5.41) is 12.5. The Morgan fingerprint density at radius 1 is 1.40 bits per heavy atom. The van der Waals surface area contributed by atoms with Crippen LogP contribution in [-0.2, 0) is 4.79 Å². The van der Waals surface area contributed by atoms with Crippen LogP contribution in [0, 0.1) is 0 Å². The molecule has 4 heteroatoms. The van der Waals surface area contributed by atoms with Crippen LogP contribution >= 0.6 is 11.6 Å². The van der Waals surface area contributed by atoms with Gasteiger partial charge in [-0.2, -0.15) is 0 Å². The molecule has 0 aromatic heterocycles. The van der Waals surface area contributed by atoms with Gasteiger partial charge in [0, 0.05) is 11.1 Å². The van der Waals surface area contributed by atoms with Crippen LogP contribution < -0.4 is 5.32 Å². The molecule has 0 unspecified atom stereocenters. The van der Waals surface area contributed by atoms with Gasteiger partial charge >= 0.3 is 0 Å². The predicted molar refractivity (Wildman–Crippen MR) is 58.3 cm³/mol. The first-order chi connectivity index (χ1) is 7.15. The Kier molecular flexibility index (Phi) is 2.47. The molecule has 0 spiro atoms. The summed E-state index contributed by atoms with van der Waals surface area (Å²) in [6, 6.07) is 7.13. The number of aliphatic hydroxyl groups is 1. The summed E-state index contributed by atoms with van der Waals surface area (Å²) >= 11 is 5.80. The maximum absolute atomic E-state index is 10.9. The highest BCUT2D eigenvalue weighted by Crippen LogP contribution is 2.17. The molecule has 3 nitrogen and oxygen atoms in total. The van der Waals surface area contributed by atoms with Crippen molar-refractivity contribution >= 4 is 23.6 Å². The van der Waals surface area contributed by atoms with Gasteiger partial charge in [0.05, 0.1) is 5.70 Å². The van der Waals surface area contributed by atoms with Gasteiger partial charge in [0.25, 0.3) is 5.91 Å². The number of rotatable bonds is 1. The Labute approximate surface area is 91.7 Å². The van der Waals surface area contributed by atoms with Gasteiger partial charge in [-0.05, 0) is 23.8 Å². The maximum atomic E-state index is 10.9. The summed E-state index contributed by atoms with van der Waals surface area (Å²) in [6.45, 7) is 0. The van der Waals surface area contributed by atoms with E-state index < -0.39 is 0 Å². The number of nitrogens with one attached hydrogen (secondary N) is 1. The van der Waals surface area contributed by atoms with Gasteiger partial charge < -0.3 is 10.4 Å². The summed E-state index contributed by atoms with van der Waals surface area (Å²) < 4.78 is 0. The van der Waals surface area contributed by atoms with Crippen molar-refractivity contribution in [2.75, 3.05) is 0 Å². The molecule has 2 rings (SSSR count). The third-order valence-corrected chi connectivity index (χ3v) is 2.20. The van der Waals surface area contributed by atoms with Crippen molar-refractivity contribution in [3.05, 3.63) is 52.4 Å². The number of amides is 1. The highest BCUT2D eigenvalue weighted by atomic mass is 35.5. The smallest absolute Gasteiger partial charge is 0.252 e. The van der Waals surface area contributed by atoms with Crippen molar-refractivity contribution in [1.82, 2.24) is 5.32 Å². The zero-order chi connectivity index (χ0) is 10.8. The van der Waals surface area contributed by atoms with E-state index in [1.807, 2.05) is 6.07 Å². The van der Waals surface area contributed by atoms with Gasteiger partial charge in [0.1, 0.15) is 5.76 Å². The largest absolute Gasteiger partial charge is 0.506 e. The van der Waals surface area contributed by atoms with E-state index in [1.54, 1.807) is 24.3 Å². The molecule has 1 aromatic rings. The molecular formula is C11H8ClNO2. The molecule has 15 heavy (non-hydrogen) atoms. The Morgan fingerprint density at radius 2 is 2.20 bits per heavy atom. The normalized spacial score (nSPS) is 17.8. The molecular weight excluding hydrogens is 214 g/mol. The van der Waals surface area contributed by atoms with E-state index in [9.17, 15) is 9.90 Å². The lowest BCUT2D eigenvalue weighted by Gasteiger charge is -2.00. The Balaban J connectivity index is 2.32. The fourth-order valence-corrected chi connectivity index (χ4v) is 1.51. The lowest BCUT2D eigenvalue weighted by atomic mass is 10.2. The van der Waals surface area contributed by atoms with Crippen LogP contribution in [0.5, 0.6) is 0 Å². The fraction of sp³-hybridized carbons (Fsp3) is 0.